The molecule has 0 aliphatic carbocycles. The first-order valence-corrected chi connectivity index (χ1v) is 6.63. The molecule has 1 aromatic carbocycles. The largest absolute Gasteiger partial charge is 0.496 e. The molecule has 0 aliphatic heterocycles. The fourth-order valence-corrected chi connectivity index (χ4v) is 2.09. The fourth-order valence-electron chi connectivity index (χ4n) is 2.09. The minimum Gasteiger partial charge on any atom is -0.496 e. The highest BCUT2D eigenvalue weighted by molar-refractivity contribution is 5.33. The summed E-state index contributed by atoms with van der Waals surface area (Å²) < 4.78 is 10.6. The number of ether oxygens (including phenoxy) is 2. The van der Waals surface area contributed by atoms with E-state index >= 15 is 0 Å². The van der Waals surface area contributed by atoms with Crippen LogP contribution in [0.1, 0.15) is 18.9 Å². The van der Waals surface area contributed by atoms with Gasteiger partial charge in [0.05, 0.1) is 7.11 Å². The molecule has 0 fully saturated rings. The number of nitrogens with one attached hydrogen (secondary N) is 1. The van der Waals surface area contributed by atoms with E-state index in [1.807, 2.05) is 12.1 Å². The van der Waals surface area contributed by atoms with Crippen LogP contribution in [-0.2, 0) is 11.2 Å². The summed E-state index contributed by atoms with van der Waals surface area (Å²) >= 11 is 0. The van der Waals surface area contributed by atoms with Crippen LogP contribution in [0.3, 0.4) is 0 Å². The predicted octanol–water partition coefficient (Wildman–Crippen LogP) is 2.50. The van der Waals surface area contributed by atoms with Crippen LogP contribution in [0, 0.1) is 5.92 Å². The van der Waals surface area contributed by atoms with Crippen LogP contribution in [0.15, 0.2) is 24.3 Å². The molecule has 0 bridgehead atoms. The Balaban J connectivity index is 2.62. The highest BCUT2D eigenvalue weighted by atomic mass is 16.5. The van der Waals surface area contributed by atoms with Gasteiger partial charge >= 0.3 is 0 Å². The van der Waals surface area contributed by atoms with Crippen molar-refractivity contribution in [2.45, 2.75) is 19.8 Å². The fraction of sp³-hybridized carbons (Fsp3) is 0.600. The average molecular weight is 251 g/mol. The average Bonchev–Trinajstić information content (AvgIpc) is 2.42. The van der Waals surface area contributed by atoms with E-state index in [-0.39, 0.29) is 0 Å². The molecule has 18 heavy (non-hydrogen) atoms. The molecule has 1 N–H and O–H groups in total. The van der Waals surface area contributed by atoms with Crippen LogP contribution < -0.4 is 10.1 Å². The van der Waals surface area contributed by atoms with E-state index in [0.29, 0.717) is 5.92 Å². The smallest absolute Gasteiger partial charge is 0.122 e. The van der Waals surface area contributed by atoms with Gasteiger partial charge in [-0.15, -0.1) is 0 Å². The first kappa shape index (κ1) is 15.0. The molecule has 3 heteroatoms. The van der Waals surface area contributed by atoms with Crippen LogP contribution in [0.5, 0.6) is 5.75 Å². The van der Waals surface area contributed by atoms with Gasteiger partial charge in [0.2, 0.25) is 0 Å². The normalized spacial score (nSPS) is 12.4. The second kappa shape index (κ2) is 8.95. The number of hydrogen-bond donors (Lipinski definition) is 1. The Kier molecular flexibility index (Phi) is 7.46. The molecule has 102 valence electrons. The van der Waals surface area contributed by atoms with Crippen molar-refractivity contribution in [3.63, 3.8) is 0 Å². The van der Waals surface area contributed by atoms with E-state index in [1.165, 1.54) is 5.56 Å². The van der Waals surface area contributed by atoms with Gasteiger partial charge in [-0.2, -0.15) is 0 Å². The second-order valence-corrected chi connectivity index (χ2v) is 4.47. The lowest BCUT2D eigenvalue weighted by Gasteiger charge is -2.18. The zero-order chi connectivity index (χ0) is 13.2. The summed E-state index contributed by atoms with van der Waals surface area (Å²) in [4.78, 5) is 0. The Hall–Kier alpha value is -1.06. The lowest BCUT2D eigenvalue weighted by Crippen LogP contribution is -2.25. The van der Waals surface area contributed by atoms with Crippen molar-refractivity contribution in [2.75, 3.05) is 33.9 Å². The molecule has 0 aromatic heterocycles. The maximum absolute atomic E-state index is 5.40. The Labute approximate surface area is 110 Å². The molecule has 0 aliphatic rings. The highest BCUT2D eigenvalue weighted by Crippen LogP contribution is 2.22. The van der Waals surface area contributed by atoms with Crippen molar-refractivity contribution < 1.29 is 9.47 Å². The van der Waals surface area contributed by atoms with Gasteiger partial charge < -0.3 is 14.8 Å². The van der Waals surface area contributed by atoms with E-state index in [4.69, 9.17) is 9.47 Å². The van der Waals surface area contributed by atoms with Crippen LogP contribution in [0.25, 0.3) is 0 Å². The molecule has 1 atom stereocenters. The topological polar surface area (TPSA) is 30.5 Å². The van der Waals surface area contributed by atoms with Gasteiger partial charge in [0, 0.05) is 13.7 Å². The van der Waals surface area contributed by atoms with E-state index in [2.05, 4.69) is 24.4 Å². The third-order valence-corrected chi connectivity index (χ3v) is 3.11. The van der Waals surface area contributed by atoms with Crippen molar-refractivity contribution >= 4 is 0 Å². The van der Waals surface area contributed by atoms with Gasteiger partial charge in [-0.1, -0.05) is 25.1 Å². The second-order valence-electron chi connectivity index (χ2n) is 4.47. The zero-order valence-electron chi connectivity index (χ0n) is 11.7. The van der Waals surface area contributed by atoms with Crippen LogP contribution in [0.4, 0.5) is 0 Å². The predicted molar refractivity (Wildman–Crippen MR) is 75.2 cm³/mol. The minimum atomic E-state index is 0.584. The van der Waals surface area contributed by atoms with Gasteiger partial charge in [-0.25, -0.2) is 0 Å². The summed E-state index contributed by atoms with van der Waals surface area (Å²) in [6, 6.07) is 8.25. The molecule has 1 rings (SSSR count). The summed E-state index contributed by atoms with van der Waals surface area (Å²) in [5.41, 5.74) is 1.28. The molecule has 0 saturated carbocycles. The van der Waals surface area contributed by atoms with Crippen molar-refractivity contribution in [1.82, 2.24) is 5.32 Å². The van der Waals surface area contributed by atoms with E-state index in [0.717, 1.165) is 38.3 Å². The van der Waals surface area contributed by atoms with Crippen molar-refractivity contribution in [2.24, 2.45) is 5.92 Å². The van der Waals surface area contributed by atoms with Gasteiger partial charge in [0.15, 0.2) is 0 Å². The number of benzene rings is 1. The highest BCUT2D eigenvalue weighted by Gasteiger charge is 2.12. The minimum absolute atomic E-state index is 0.584. The molecule has 0 radical (unpaired) electrons. The molecular weight excluding hydrogens is 226 g/mol. The lowest BCUT2D eigenvalue weighted by atomic mass is 9.95. The summed E-state index contributed by atoms with van der Waals surface area (Å²) in [6.45, 7) is 4.98. The number of methoxy groups -OCH3 is 2. The monoisotopic (exact) mass is 251 g/mol. The summed E-state index contributed by atoms with van der Waals surface area (Å²) in [6.07, 6.45) is 2.10. The molecule has 0 saturated heterocycles. The van der Waals surface area contributed by atoms with Crippen LogP contribution in [0.2, 0.25) is 0 Å². The Morgan fingerprint density at radius 2 is 2.00 bits per heavy atom. The van der Waals surface area contributed by atoms with Crippen molar-refractivity contribution in [1.29, 1.82) is 0 Å². The maximum atomic E-state index is 5.40. The molecule has 0 amide bonds. The van der Waals surface area contributed by atoms with E-state index < -0.39 is 0 Å². The van der Waals surface area contributed by atoms with Gasteiger partial charge in [-0.3, -0.25) is 0 Å². The summed E-state index contributed by atoms with van der Waals surface area (Å²) in [5.74, 6) is 1.57. The quantitative estimate of drug-likeness (QED) is 0.731. The lowest BCUT2D eigenvalue weighted by molar-refractivity contribution is 0.176. The Bertz CT molecular complexity index is 320. The molecule has 0 spiro atoms. The first-order chi connectivity index (χ1) is 8.81. The third kappa shape index (κ3) is 5.07. The molecular formula is C15H25NO2. The number of rotatable bonds is 9. The number of hydrogen-bond acceptors (Lipinski definition) is 3. The Morgan fingerprint density at radius 3 is 2.67 bits per heavy atom. The maximum Gasteiger partial charge on any atom is 0.122 e. The van der Waals surface area contributed by atoms with Crippen LogP contribution >= 0.6 is 0 Å². The first-order valence-electron chi connectivity index (χ1n) is 6.63. The van der Waals surface area contributed by atoms with Crippen molar-refractivity contribution in [3.8, 4) is 5.75 Å². The van der Waals surface area contributed by atoms with Crippen LogP contribution in [-0.4, -0.2) is 33.9 Å². The number of para-hydroxylation sites is 1. The van der Waals surface area contributed by atoms with Crippen molar-refractivity contribution in [3.05, 3.63) is 29.8 Å². The summed E-state index contributed by atoms with van der Waals surface area (Å²) in [5, 5.41) is 3.42. The molecule has 1 aromatic rings. The van der Waals surface area contributed by atoms with Gasteiger partial charge in [0.1, 0.15) is 5.75 Å². The Morgan fingerprint density at radius 1 is 1.22 bits per heavy atom. The van der Waals surface area contributed by atoms with Gasteiger partial charge in [0.25, 0.3) is 0 Å². The SMILES string of the molecule is CCNCC(CCOC)Cc1ccccc1OC. The molecule has 3 nitrogen and oxygen atoms in total. The van der Waals surface area contributed by atoms with Gasteiger partial charge in [-0.05, 0) is 43.5 Å². The third-order valence-electron chi connectivity index (χ3n) is 3.11. The van der Waals surface area contributed by atoms with E-state index in [9.17, 15) is 0 Å². The zero-order valence-corrected chi connectivity index (χ0v) is 11.7. The standard InChI is InChI=1S/C15H25NO2/c1-4-16-12-13(9-10-17-2)11-14-7-5-6-8-15(14)18-3/h5-8,13,16H,4,9-12H2,1-3H3. The molecule has 0 heterocycles. The summed E-state index contributed by atoms with van der Waals surface area (Å²) in [7, 11) is 3.49. The van der Waals surface area contributed by atoms with E-state index in [1.54, 1.807) is 14.2 Å². The molecule has 1 unspecified atom stereocenters.